The minimum absolute atomic E-state index is 0.117. The van der Waals surface area contributed by atoms with Crippen molar-refractivity contribution in [3.63, 3.8) is 0 Å². The van der Waals surface area contributed by atoms with E-state index in [2.05, 4.69) is 15.5 Å². The van der Waals surface area contributed by atoms with Gasteiger partial charge >= 0.3 is 0 Å². The molecule has 2 atom stereocenters. The third-order valence-electron chi connectivity index (χ3n) is 3.72. The van der Waals surface area contributed by atoms with Crippen LogP contribution in [0, 0.1) is 0 Å². The molecule has 1 aromatic carbocycles. The van der Waals surface area contributed by atoms with Gasteiger partial charge in [-0.25, -0.2) is 0 Å². The molecule has 2 unspecified atom stereocenters. The molecule has 0 spiro atoms. The molecule has 0 aliphatic rings. The van der Waals surface area contributed by atoms with E-state index in [9.17, 15) is 18.6 Å². The molecule has 1 aromatic rings. The van der Waals surface area contributed by atoms with Crippen LogP contribution in [0.1, 0.15) is 33.3 Å². The molecule has 0 saturated heterocycles. The summed E-state index contributed by atoms with van der Waals surface area (Å²) in [6.45, 7) is 12.1. The van der Waals surface area contributed by atoms with Crippen LogP contribution in [0.5, 0.6) is 0 Å². The van der Waals surface area contributed by atoms with Gasteiger partial charge in [-0.05, 0) is 31.5 Å². The van der Waals surface area contributed by atoms with Crippen LogP contribution in [0.2, 0.25) is 0 Å². The Morgan fingerprint density at radius 2 is 1.50 bits per heavy atom. The molecule has 28 heavy (non-hydrogen) atoms. The van der Waals surface area contributed by atoms with Crippen molar-refractivity contribution in [1.82, 2.24) is 15.5 Å². The number of nitrogens with zero attached hydrogens (tertiary/aromatic N) is 1. The van der Waals surface area contributed by atoms with Crippen molar-refractivity contribution in [2.45, 2.75) is 51.3 Å². The van der Waals surface area contributed by atoms with Crippen molar-refractivity contribution in [2.24, 2.45) is 0 Å². The van der Waals surface area contributed by atoms with Crippen LogP contribution in [-0.4, -0.2) is 79.6 Å². The van der Waals surface area contributed by atoms with Gasteiger partial charge < -0.3 is 20.8 Å². The molecule has 0 fully saturated rings. The fourth-order valence-electron chi connectivity index (χ4n) is 2.47. The third kappa shape index (κ3) is 13.2. The molecule has 0 saturated carbocycles. The van der Waals surface area contributed by atoms with Crippen LogP contribution in [0.15, 0.2) is 29.2 Å². The van der Waals surface area contributed by atoms with Gasteiger partial charge in [-0.2, -0.15) is 8.42 Å². The molecule has 8 nitrogen and oxygen atoms in total. The smallest absolute Gasteiger partial charge is 0.294 e. The molecule has 0 aliphatic carbocycles. The summed E-state index contributed by atoms with van der Waals surface area (Å²) in [6.07, 6.45) is -0.797. The first-order valence-corrected chi connectivity index (χ1v) is 11.2. The van der Waals surface area contributed by atoms with E-state index in [0.717, 1.165) is 25.2 Å². The summed E-state index contributed by atoms with van der Waals surface area (Å²) in [4.78, 5) is 2.02. The molecule has 0 aromatic heterocycles. The van der Waals surface area contributed by atoms with E-state index < -0.39 is 16.2 Å². The van der Waals surface area contributed by atoms with Gasteiger partial charge in [-0.15, -0.1) is 0 Å². The van der Waals surface area contributed by atoms with Gasteiger partial charge in [-0.3, -0.25) is 9.45 Å². The third-order valence-corrected chi connectivity index (χ3v) is 4.59. The quantitative estimate of drug-likeness (QED) is 0.234. The highest BCUT2D eigenvalue weighted by Crippen LogP contribution is 2.09. The monoisotopic (exact) mass is 419 g/mol. The fraction of sp³-hybridized carbons (Fsp3) is 0.684. The van der Waals surface area contributed by atoms with E-state index >= 15 is 0 Å². The molecule has 9 heteroatoms. The van der Waals surface area contributed by atoms with E-state index in [4.69, 9.17) is 4.55 Å². The fourth-order valence-corrected chi connectivity index (χ4v) is 2.95. The van der Waals surface area contributed by atoms with Crippen LogP contribution < -0.4 is 10.6 Å². The highest BCUT2D eigenvalue weighted by atomic mass is 32.2. The average molecular weight is 420 g/mol. The number of nitrogens with one attached hydrogen (secondary N) is 2. The summed E-state index contributed by atoms with van der Waals surface area (Å²) < 4.78 is 31.0. The SMILES string of the molecule is CC.CC(O)CNCCN(CCNCc1ccc(S(=O)(=O)O)cc1)CC(C)O. The van der Waals surface area contributed by atoms with E-state index in [-0.39, 0.29) is 11.0 Å². The molecule has 0 radical (unpaired) electrons. The van der Waals surface area contributed by atoms with Crippen molar-refractivity contribution in [3.8, 4) is 0 Å². The average Bonchev–Trinajstić information content (AvgIpc) is 2.62. The highest BCUT2D eigenvalue weighted by Gasteiger charge is 2.09. The molecule has 164 valence electrons. The van der Waals surface area contributed by atoms with E-state index in [1.54, 1.807) is 26.0 Å². The van der Waals surface area contributed by atoms with E-state index in [0.29, 0.717) is 26.2 Å². The Labute approximate surface area is 169 Å². The molecule has 0 heterocycles. The first kappa shape index (κ1) is 26.9. The molecule has 0 bridgehead atoms. The van der Waals surface area contributed by atoms with Crippen LogP contribution in [0.4, 0.5) is 0 Å². The van der Waals surface area contributed by atoms with Gasteiger partial charge in [0.25, 0.3) is 10.1 Å². The van der Waals surface area contributed by atoms with Crippen LogP contribution in [0.25, 0.3) is 0 Å². The Bertz CT molecular complexity index is 607. The molecule has 0 aliphatic heterocycles. The Hall–Kier alpha value is -1.07. The molecule has 1 rings (SSSR count). The largest absolute Gasteiger partial charge is 0.392 e. The Morgan fingerprint density at radius 1 is 0.964 bits per heavy atom. The maximum Gasteiger partial charge on any atom is 0.294 e. The lowest BCUT2D eigenvalue weighted by molar-refractivity contribution is 0.125. The van der Waals surface area contributed by atoms with Crippen molar-refractivity contribution >= 4 is 10.1 Å². The number of aliphatic hydroxyl groups is 2. The standard InChI is InChI=1S/C17H31N3O5S.C2H6/c1-14(21)11-18-7-9-20(13-15(2)22)10-8-19-12-16-3-5-17(6-4-16)26(23,24)25;1-2/h3-6,14-15,18-19,21-22H,7-13H2,1-2H3,(H,23,24,25);1-2H3. The summed E-state index contributed by atoms with van der Waals surface area (Å²) in [5.41, 5.74) is 0.915. The van der Waals surface area contributed by atoms with Crippen molar-refractivity contribution < 1.29 is 23.2 Å². The van der Waals surface area contributed by atoms with Gasteiger partial charge in [0.05, 0.1) is 17.1 Å². The molecule has 5 N–H and O–H groups in total. The van der Waals surface area contributed by atoms with Crippen LogP contribution >= 0.6 is 0 Å². The zero-order chi connectivity index (χ0) is 21.6. The topological polar surface area (TPSA) is 122 Å². The maximum absolute atomic E-state index is 11.0. The molecular formula is C19H37N3O5S. The Kier molecular flexibility index (Phi) is 14.3. The number of aliphatic hydroxyl groups excluding tert-OH is 2. The number of rotatable bonds is 13. The van der Waals surface area contributed by atoms with Gasteiger partial charge in [0.1, 0.15) is 0 Å². The van der Waals surface area contributed by atoms with E-state index in [1.807, 2.05) is 13.8 Å². The zero-order valence-electron chi connectivity index (χ0n) is 17.4. The second kappa shape index (κ2) is 14.9. The van der Waals surface area contributed by atoms with Gasteiger partial charge in [0, 0.05) is 45.8 Å². The second-order valence-electron chi connectivity index (χ2n) is 6.50. The van der Waals surface area contributed by atoms with Crippen molar-refractivity contribution in [2.75, 3.05) is 39.3 Å². The van der Waals surface area contributed by atoms with E-state index in [1.165, 1.54) is 12.1 Å². The lowest BCUT2D eigenvalue weighted by Gasteiger charge is -2.24. The normalized spacial score (nSPS) is 13.7. The maximum atomic E-state index is 11.0. The summed E-state index contributed by atoms with van der Waals surface area (Å²) in [6, 6.07) is 6.06. The predicted molar refractivity (Wildman–Crippen MR) is 112 cm³/mol. The zero-order valence-corrected chi connectivity index (χ0v) is 18.2. The molecular weight excluding hydrogens is 382 g/mol. The Morgan fingerprint density at radius 3 is 1.96 bits per heavy atom. The van der Waals surface area contributed by atoms with Crippen molar-refractivity contribution in [3.05, 3.63) is 29.8 Å². The minimum atomic E-state index is -4.16. The minimum Gasteiger partial charge on any atom is -0.392 e. The first-order valence-electron chi connectivity index (χ1n) is 9.75. The van der Waals surface area contributed by atoms with Gasteiger partial charge in [0.15, 0.2) is 0 Å². The number of benzene rings is 1. The lowest BCUT2D eigenvalue weighted by atomic mass is 10.2. The van der Waals surface area contributed by atoms with Gasteiger partial charge in [-0.1, -0.05) is 26.0 Å². The molecule has 0 amide bonds. The number of hydrogen-bond donors (Lipinski definition) is 5. The lowest BCUT2D eigenvalue weighted by Crippen LogP contribution is -2.41. The summed E-state index contributed by atoms with van der Waals surface area (Å²) in [5, 5.41) is 25.3. The van der Waals surface area contributed by atoms with Crippen LogP contribution in [0.3, 0.4) is 0 Å². The summed E-state index contributed by atoms with van der Waals surface area (Å²) in [5.74, 6) is 0. The number of hydrogen-bond acceptors (Lipinski definition) is 7. The van der Waals surface area contributed by atoms with Crippen molar-refractivity contribution in [1.29, 1.82) is 0 Å². The first-order chi connectivity index (χ1) is 13.2. The second-order valence-corrected chi connectivity index (χ2v) is 7.92. The van der Waals surface area contributed by atoms with Crippen LogP contribution in [-0.2, 0) is 16.7 Å². The highest BCUT2D eigenvalue weighted by molar-refractivity contribution is 7.85. The summed E-state index contributed by atoms with van der Waals surface area (Å²) in [7, 11) is -4.16. The summed E-state index contributed by atoms with van der Waals surface area (Å²) >= 11 is 0. The Balaban J connectivity index is 0.00000352. The van der Waals surface area contributed by atoms with Gasteiger partial charge in [0.2, 0.25) is 0 Å². The predicted octanol–water partition coefficient (Wildman–Crippen LogP) is 0.702.